The van der Waals surface area contributed by atoms with E-state index in [4.69, 9.17) is 0 Å². The summed E-state index contributed by atoms with van der Waals surface area (Å²) >= 11 is 1.50. The van der Waals surface area contributed by atoms with Crippen LogP contribution in [0.3, 0.4) is 0 Å². The second kappa shape index (κ2) is 7.38. The summed E-state index contributed by atoms with van der Waals surface area (Å²) in [7, 11) is 0. The van der Waals surface area contributed by atoms with Crippen molar-refractivity contribution in [1.82, 2.24) is 10.3 Å². The Kier molecular flexibility index (Phi) is 6.15. The zero-order chi connectivity index (χ0) is 13.5. The van der Waals surface area contributed by atoms with Gasteiger partial charge in [-0.1, -0.05) is 13.8 Å². The number of aliphatic hydroxyl groups excluding tert-OH is 1. The van der Waals surface area contributed by atoms with E-state index in [0.717, 1.165) is 5.03 Å². The molecule has 18 heavy (non-hydrogen) atoms. The minimum atomic E-state index is -0.371. The fourth-order valence-corrected chi connectivity index (χ4v) is 1.84. The summed E-state index contributed by atoms with van der Waals surface area (Å²) in [6.07, 6.45) is 3.75. The first kappa shape index (κ1) is 15.0. The van der Waals surface area contributed by atoms with E-state index in [1.54, 1.807) is 18.3 Å². The molecule has 1 aromatic heterocycles. The highest BCUT2D eigenvalue weighted by molar-refractivity contribution is 7.98. The Balaban J connectivity index is 2.45. The second-order valence-electron chi connectivity index (χ2n) is 4.44. The first-order valence-electron chi connectivity index (χ1n) is 6.01. The van der Waals surface area contributed by atoms with Gasteiger partial charge in [-0.2, -0.15) is 0 Å². The van der Waals surface area contributed by atoms with Crippen LogP contribution in [0.25, 0.3) is 0 Å². The molecule has 1 aromatic rings. The Bertz CT molecular complexity index is 396. The standard InChI is InChI=1S/C13H20N2O2S/c1-9(2)11(16)5-7-15-13(17)10-4-6-14-12(8-10)18-3/h4,6,8-9,11,16H,5,7H2,1-3H3,(H,15,17). The van der Waals surface area contributed by atoms with Gasteiger partial charge in [0.25, 0.3) is 5.91 Å². The first-order chi connectivity index (χ1) is 8.54. The molecule has 0 saturated carbocycles. The van der Waals surface area contributed by atoms with Crippen LogP contribution in [0.4, 0.5) is 0 Å². The molecular formula is C13H20N2O2S. The van der Waals surface area contributed by atoms with Crippen LogP contribution >= 0.6 is 11.8 Å². The van der Waals surface area contributed by atoms with Gasteiger partial charge in [0.05, 0.1) is 11.1 Å². The van der Waals surface area contributed by atoms with Crippen molar-refractivity contribution < 1.29 is 9.90 Å². The van der Waals surface area contributed by atoms with E-state index >= 15 is 0 Å². The number of rotatable bonds is 6. The summed E-state index contributed by atoms with van der Waals surface area (Å²) in [5.41, 5.74) is 0.605. The van der Waals surface area contributed by atoms with Crippen molar-refractivity contribution in [1.29, 1.82) is 0 Å². The molecule has 0 aliphatic rings. The normalized spacial score (nSPS) is 12.5. The third kappa shape index (κ3) is 4.66. The smallest absolute Gasteiger partial charge is 0.251 e. The van der Waals surface area contributed by atoms with Crippen LogP contribution < -0.4 is 5.32 Å². The van der Waals surface area contributed by atoms with Gasteiger partial charge >= 0.3 is 0 Å². The summed E-state index contributed by atoms with van der Waals surface area (Å²) in [5.74, 6) is 0.0922. The number of carbonyl (C=O) groups is 1. The highest BCUT2D eigenvalue weighted by Gasteiger charge is 2.10. The molecule has 1 heterocycles. The SMILES string of the molecule is CSc1cc(C(=O)NCCC(O)C(C)C)ccn1. The van der Waals surface area contributed by atoms with Gasteiger partial charge in [0.15, 0.2) is 0 Å². The molecule has 0 bridgehead atoms. The molecule has 1 amide bonds. The zero-order valence-electron chi connectivity index (χ0n) is 11.0. The summed E-state index contributed by atoms with van der Waals surface area (Å²) < 4.78 is 0. The number of hydrogen-bond acceptors (Lipinski definition) is 4. The number of aromatic nitrogens is 1. The van der Waals surface area contributed by atoms with Gasteiger partial charge in [-0.15, -0.1) is 11.8 Å². The average molecular weight is 268 g/mol. The van der Waals surface area contributed by atoms with Crippen molar-refractivity contribution in [2.45, 2.75) is 31.4 Å². The highest BCUT2D eigenvalue weighted by Crippen LogP contribution is 2.12. The maximum Gasteiger partial charge on any atom is 0.251 e. The molecule has 2 N–H and O–H groups in total. The first-order valence-corrected chi connectivity index (χ1v) is 7.23. The predicted octanol–water partition coefficient (Wildman–Crippen LogP) is 1.94. The average Bonchev–Trinajstić information content (AvgIpc) is 2.38. The number of nitrogens with zero attached hydrogens (tertiary/aromatic N) is 1. The fourth-order valence-electron chi connectivity index (χ4n) is 1.43. The lowest BCUT2D eigenvalue weighted by Crippen LogP contribution is -2.28. The molecule has 0 saturated heterocycles. The van der Waals surface area contributed by atoms with Crippen LogP contribution in [0.1, 0.15) is 30.6 Å². The zero-order valence-corrected chi connectivity index (χ0v) is 11.8. The van der Waals surface area contributed by atoms with Crippen LogP contribution in [0.5, 0.6) is 0 Å². The summed E-state index contributed by atoms with van der Waals surface area (Å²) in [6.45, 7) is 4.40. The van der Waals surface area contributed by atoms with Crippen molar-refractivity contribution in [2.75, 3.05) is 12.8 Å². The molecule has 0 aliphatic carbocycles. The number of aliphatic hydroxyl groups is 1. The third-order valence-electron chi connectivity index (χ3n) is 2.70. The van der Waals surface area contributed by atoms with Crippen molar-refractivity contribution in [3.8, 4) is 0 Å². The van der Waals surface area contributed by atoms with E-state index in [0.29, 0.717) is 18.5 Å². The van der Waals surface area contributed by atoms with Gasteiger partial charge in [0, 0.05) is 18.3 Å². The van der Waals surface area contributed by atoms with Gasteiger partial charge in [-0.3, -0.25) is 4.79 Å². The predicted molar refractivity (Wildman–Crippen MR) is 73.8 cm³/mol. The van der Waals surface area contributed by atoms with Crippen molar-refractivity contribution in [2.24, 2.45) is 5.92 Å². The quantitative estimate of drug-likeness (QED) is 0.774. The van der Waals surface area contributed by atoms with Gasteiger partial charge < -0.3 is 10.4 Å². The van der Waals surface area contributed by atoms with E-state index in [1.165, 1.54) is 11.8 Å². The molecule has 100 valence electrons. The number of hydrogen-bond donors (Lipinski definition) is 2. The minimum absolute atomic E-state index is 0.122. The number of thioether (sulfide) groups is 1. The van der Waals surface area contributed by atoms with Gasteiger partial charge in [-0.05, 0) is 30.7 Å². The molecule has 0 fully saturated rings. The molecule has 1 atom stereocenters. The number of carbonyl (C=O) groups excluding carboxylic acids is 1. The second-order valence-corrected chi connectivity index (χ2v) is 5.27. The molecular weight excluding hydrogens is 248 g/mol. The molecule has 4 nitrogen and oxygen atoms in total. The third-order valence-corrected chi connectivity index (χ3v) is 3.34. The van der Waals surface area contributed by atoms with Crippen LogP contribution in [-0.2, 0) is 0 Å². The maximum absolute atomic E-state index is 11.8. The van der Waals surface area contributed by atoms with Crippen LogP contribution in [0.2, 0.25) is 0 Å². The Morgan fingerprint density at radius 2 is 2.28 bits per heavy atom. The van der Waals surface area contributed by atoms with Crippen LogP contribution in [0, 0.1) is 5.92 Å². The van der Waals surface area contributed by atoms with E-state index in [2.05, 4.69) is 10.3 Å². The fraction of sp³-hybridized carbons (Fsp3) is 0.538. The summed E-state index contributed by atoms with van der Waals surface area (Å²) in [5, 5.41) is 13.3. The maximum atomic E-state index is 11.8. The van der Waals surface area contributed by atoms with Crippen molar-refractivity contribution >= 4 is 17.7 Å². The summed E-state index contributed by atoms with van der Waals surface area (Å²) in [6, 6.07) is 3.45. The lowest BCUT2D eigenvalue weighted by molar-refractivity contribution is 0.0920. The minimum Gasteiger partial charge on any atom is -0.393 e. The Morgan fingerprint density at radius 3 is 2.89 bits per heavy atom. The highest BCUT2D eigenvalue weighted by atomic mass is 32.2. The molecule has 0 spiro atoms. The number of nitrogens with one attached hydrogen (secondary N) is 1. The lowest BCUT2D eigenvalue weighted by atomic mass is 10.0. The topological polar surface area (TPSA) is 62.2 Å². The number of pyridine rings is 1. The van der Waals surface area contributed by atoms with E-state index in [-0.39, 0.29) is 17.9 Å². The monoisotopic (exact) mass is 268 g/mol. The Labute approximate surface area is 112 Å². The molecule has 1 rings (SSSR count). The summed E-state index contributed by atoms with van der Waals surface area (Å²) in [4.78, 5) is 15.9. The van der Waals surface area contributed by atoms with Crippen LogP contribution in [-0.4, -0.2) is 34.9 Å². The molecule has 0 aromatic carbocycles. The largest absolute Gasteiger partial charge is 0.393 e. The van der Waals surface area contributed by atoms with Crippen LogP contribution in [0.15, 0.2) is 23.4 Å². The van der Waals surface area contributed by atoms with Gasteiger partial charge in [0.1, 0.15) is 0 Å². The van der Waals surface area contributed by atoms with Crippen molar-refractivity contribution in [3.63, 3.8) is 0 Å². The molecule has 1 unspecified atom stereocenters. The van der Waals surface area contributed by atoms with Crippen molar-refractivity contribution in [3.05, 3.63) is 23.9 Å². The molecule has 5 heteroatoms. The lowest BCUT2D eigenvalue weighted by Gasteiger charge is -2.14. The van der Waals surface area contributed by atoms with Gasteiger partial charge in [-0.25, -0.2) is 4.98 Å². The van der Waals surface area contributed by atoms with Gasteiger partial charge in [0.2, 0.25) is 0 Å². The van der Waals surface area contributed by atoms with E-state index < -0.39 is 0 Å². The van der Waals surface area contributed by atoms with E-state index in [9.17, 15) is 9.90 Å². The molecule has 0 aliphatic heterocycles. The molecule has 0 radical (unpaired) electrons. The Hall–Kier alpha value is -1.07. The number of amides is 1. The van der Waals surface area contributed by atoms with E-state index in [1.807, 2.05) is 20.1 Å². The Morgan fingerprint density at radius 1 is 1.56 bits per heavy atom.